The summed E-state index contributed by atoms with van der Waals surface area (Å²) in [6.07, 6.45) is 2.53. The normalized spacial score (nSPS) is 10.3. The molecule has 1 aromatic rings. The number of amides is 1. The minimum atomic E-state index is -0.0419. The Labute approximate surface area is 119 Å². The third-order valence-corrected chi connectivity index (χ3v) is 3.22. The summed E-state index contributed by atoms with van der Waals surface area (Å²) in [6.45, 7) is 2.83. The number of benzene rings is 1. The molecule has 0 bridgehead atoms. The van der Waals surface area contributed by atoms with Crippen LogP contribution >= 0.6 is 11.6 Å². The number of carbonyl (C=O) groups is 2. The molecule has 1 aromatic carbocycles. The lowest BCUT2D eigenvalue weighted by Gasteiger charge is -2.16. The lowest BCUT2D eigenvalue weighted by atomic mass is 10.1. The molecule has 19 heavy (non-hydrogen) atoms. The molecular formula is C15H20ClNO2. The van der Waals surface area contributed by atoms with Gasteiger partial charge >= 0.3 is 0 Å². The predicted octanol–water partition coefficient (Wildman–Crippen LogP) is 3.56. The summed E-state index contributed by atoms with van der Waals surface area (Å²) in [7, 11) is 1.78. The van der Waals surface area contributed by atoms with Crippen LogP contribution in [0, 0.1) is 0 Å². The quantitative estimate of drug-likeness (QED) is 0.717. The molecule has 0 saturated heterocycles. The summed E-state index contributed by atoms with van der Waals surface area (Å²) in [5.74, 6) is -0.0245. The number of hydrogen-bond acceptors (Lipinski definition) is 2. The number of ketones is 1. The van der Waals surface area contributed by atoms with Gasteiger partial charge in [-0.1, -0.05) is 37.1 Å². The first kappa shape index (κ1) is 15.7. The molecule has 0 radical (unpaired) electrons. The zero-order valence-corrected chi connectivity index (χ0v) is 12.2. The molecule has 104 valence electrons. The van der Waals surface area contributed by atoms with Crippen molar-refractivity contribution in [3.63, 3.8) is 0 Å². The fourth-order valence-electron chi connectivity index (χ4n) is 1.74. The summed E-state index contributed by atoms with van der Waals surface area (Å²) in [6, 6.07) is 6.82. The van der Waals surface area contributed by atoms with Gasteiger partial charge < -0.3 is 4.90 Å². The van der Waals surface area contributed by atoms with E-state index < -0.39 is 0 Å². The Hall–Kier alpha value is -1.35. The lowest BCUT2D eigenvalue weighted by Crippen LogP contribution is -2.27. The monoisotopic (exact) mass is 281 g/mol. The summed E-state index contributed by atoms with van der Waals surface area (Å²) in [5, 5.41) is 0.539. The van der Waals surface area contributed by atoms with E-state index in [1.165, 1.54) is 0 Å². The van der Waals surface area contributed by atoms with E-state index >= 15 is 0 Å². The van der Waals surface area contributed by atoms with E-state index in [1.54, 1.807) is 36.2 Å². The zero-order chi connectivity index (χ0) is 14.3. The Morgan fingerprint density at radius 2 is 2.00 bits per heavy atom. The van der Waals surface area contributed by atoms with Crippen molar-refractivity contribution in [2.75, 3.05) is 13.6 Å². The number of rotatable bonds is 7. The topological polar surface area (TPSA) is 37.4 Å². The van der Waals surface area contributed by atoms with Crippen molar-refractivity contribution in [3.05, 3.63) is 34.9 Å². The van der Waals surface area contributed by atoms with Crippen molar-refractivity contribution in [3.8, 4) is 0 Å². The molecule has 0 fully saturated rings. The van der Waals surface area contributed by atoms with Crippen LogP contribution in [0.15, 0.2) is 24.3 Å². The number of hydrogen-bond donors (Lipinski definition) is 0. The van der Waals surface area contributed by atoms with Gasteiger partial charge in [-0.15, -0.1) is 0 Å². The molecule has 0 spiro atoms. The molecule has 0 heterocycles. The average Bonchev–Trinajstić information content (AvgIpc) is 2.41. The molecule has 0 aliphatic carbocycles. The highest BCUT2D eigenvalue weighted by molar-refractivity contribution is 6.31. The first-order chi connectivity index (χ1) is 9.04. The van der Waals surface area contributed by atoms with E-state index in [4.69, 9.17) is 11.6 Å². The van der Waals surface area contributed by atoms with Gasteiger partial charge in [-0.25, -0.2) is 0 Å². The summed E-state index contributed by atoms with van der Waals surface area (Å²) < 4.78 is 0. The molecule has 4 heteroatoms. The van der Waals surface area contributed by atoms with Crippen LogP contribution in [0.4, 0.5) is 0 Å². The van der Waals surface area contributed by atoms with Crippen LogP contribution in [-0.4, -0.2) is 30.2 Å². The van der Waals surface area contributed by atoms with Gasteiger partial charge in [0.2, 0.25) is 5.91 Å². The Morgan fingerprint density at radius 3 is 2.63 bits per heavy atom. The molecule has 0 N–H and O–H groups in total. The molecule has 1 amide bonds. The maximum absolute atomic E-state index is 11.9. The SMILES string of the molecule is CCCCN(C)C(=O)CCC(=O)c1cccc(Cl)c1. The Morgan fingerprint density at radius 1 is 1.26 bits per heavy atom. The van der Waals surface area contributed by atoms with Gasteiger partial charge in [-0.2, -0.15) is 0 Å². The van der Waals surface area contributed by atoms with Crippen molar-refractivity contribution in [1.29, 1.82) is 0 Å². The highest BCUT2D eigenvalue weighted by Gasteiger charge is 2.12. The van der Waals surface area contributed by atoms with Crippen LogP contribution in [-0.2, 0) is 4.79 Å². The van der Waals surface area contributed by atoms with Crippen LogP contribution in [0.3, 0.4) is 0 Å². The van der Waals surface area contributed by atoms with Gasteiger partial charge in [0, 0.05) is 37.0 Å². The molecule has 0 aliphatic heterocycles. The van der Waals surface area contributed by atoms with Crippen LogP contribution in [0.2, 0.25) is 5.02 Å². The predicted molar refractivity (Wildman–Crippen MR) is 77.6 cm³/mol. The standard InChI is InChI=1S/C15H20ClNO2/c1-3-4-10-17(2)15(19)9-8-14(18)12-6-5-7-13(16)11-12/h5-7,11H,3-4,8-10H2,1-2H3. The van der Waals surface area contributed by atoms with Crippen LogP contribution in [0.5, 0.6) is 0 Å². The number of halogens is 1. The van der Waals surface area contributed by atoms with E-state index in [2.05, 4.69) is 6.92 Å². The van der Waals surface area contributed by atoms with Crippen molar-refractivity contribution >= 4 is 23.3 Å². The Bertz CT molecular complexity index is 446. The smallest absolute Gasteiger partial charge is 0.222 e. The van der Waals surface area contributed by atoms with E-state index in [-0.39, 0.29) is 24.5 Å². The first-order valence-electron chi connectivity index (χ1n) is 6.57. The van der Waals surface area contributed by atoms with E-state index in [0.717, 1.165) is 19.4 Å². The van der Waals surface area contributed by atoms with E-state index in [9.17, 15) is 9.59 Å². The number of unbranched alkanes of at least 4 members (excludes halogenated alkanes) is 1. The molecule has 0 aliphatic rings. The Balaban J connectivity index is 2.44. The minimum Gasteiger partial charge on any atom is -0.346 e. The number of nitrogens with zero attached hydrogens (tertiary/aromatic N) is 1. The largest absolute Gasteiger partial charge is 0.346 e. The van der Waals surface area contributed by atoms with E-state index in [1.807, 2.05) is 0 Å². The van der Waals surface area contributed by atoms with Gasteiger partial charge in [0.25, 0.3) is 0 Å². The highest BCUT2D eigenvalue weighted by Crippen LogP contribution is 2.13. The van der Waals surface area contributed by atoms with Gasteiger partial charge in [0.15, 0.2) is 5.78 Å². The van der Waals surface area contributed by atoms with Crippen LogP contribution in [0.1, 0.15) is 43.0 Å². The second kappa shape index (κ2) is 7.95. The fraction of sp³-hybridized carbons (Fsp3) is 0.467. The van der Waals surface area contributed by atoms with Gasteiger partial charge in [0.1, 0.15) is 0 Å². The van der Waals surface area contributed by atoms with Gasteiger partial charge in [-0.3, -0.25) is 9.59 Å². The van der Waals surface area contributed by atoms with Crippen LogP contribution in [0.25, 0.3) is 0 Å². The third-order valence-electron chi connectivity index (χ3n) is 2.99. The van der Waals surface area contributed by atoms with Gasteiger partial charge in [0.05, 0.1) is 0 Å². The maximum Gasteiger partial charge on any atom is 0.222 e. The van der Waals surface area contributed by atoms with E-state index in [0.29, 0.717) is 10.6 Å². The lowest BCUT2D eigenvalue weighted by molar-refractivity contribution is -0.129. The van der Waals surface area contributed by atoms with Crippen LogP contribution < -0.4 is 0 Å². The average molecular weight is 282 g/mol. The molecule has 3 nitrogen and oxygen atoms in total. The molecule has 0 saturated carbocycles. The molecular weight excluding hydrogens is 262 g/mol. The highest BCUT2D eigenvalue weighted by atomic mass is 35.5. The second-order valence-corrected chi connectivity index (χ2v) is 5.04. The summed E-state index contributed by atoms with van der Waals surface area (Å²) in [4.78, 5) is 25.4. The van der Waals surface area contributed by atoms with Crippen molar-refractivity contribution < 1.29 is 9.59 Å². The molecule has 0 unspecified atom stereocenters. The maximum atomic E-state index is 11.9. The fourth-order valence-corrected chi connectivity index (χ4v) is 1.93. The molecule has 0 aromatic heterocycles. The second-order valence-electron chi connectivity index (χ2n) is 4.60. The number of Topliss-reactive ketones (excluding diaryl/α,β-unsaturated/α-hetero) is 1. The van der Waals surface area contributed by atoms with Crippen molar-refractivity contribution in [2.45, 2.75) is 32.6 Å². The van der Waals surface area contributed by atoms with Crippen molar-refractivity contribution in [2.24, 2.45) is 0 Å². The third kappa shape index (κ3) is 5.43. The first-order valence-corrected chi connectivity index (χ1v) is 6.95. The molecule has 0 atom stereocenters. The van der Waals surface area contributed by atoms with Crippen molar-refractivity contribution in [1.82, 2.24) is 4.90 Å². The Kier molecular flexibility index (Phi) is 6.57. The number of carbonyl (C=O) groups excluding carboxylic acids is 2. The summed E-state index contributed by atoms with van der Waals surface area (Å²) >= 11 is 5.83. The zero-order valence-electron chi connectivity index (χ0n) is 11.5. The minimum absolute atomic E-state index is 0.0174. The molecule has 1 rings (SSSR count). The van der Waals surface area contributed by atoms with Gasteiger partial charge in [-0.05, 0) is 18.6 Å². The summed E-state index contributed by atoms with van der Waals surface area (Å²) in [5.41, 5.74) is 0.566.